The summed E-state index contributed by atoms with van der Waals surface area (Å²) < 4.78 is 56.0. The molecular weight excluding hydrogens is 286 g/mol. The van der Waals surface area contributed by atoms with Gasteiger partial charge in [-0.15, -0.1) is 0 Å². The second-order valence-electron chi connectivity index (χ2n) is 4.24. The predicted octanol–water partition coefficient (Wildman–Crippen LogP) is 4.30. The monoisotopic (exact) mass is 295 g/mol. The summed E-state index contributed by atoms with van der Waals surface area (Å²) in [4.78, 5) is 0. The van der Waals surface area contributed by atoms with Gasteiger partial charge in [0.05, 0.1) is 17.2 Å². The SMILES string of the molecule is N#Cc1cccc(COc2ccc(F)c(C(F)(F)F)c2)c1. The largest absolute Gasteiger partial charge is 0.489 e. The number of rotatable bonds is 3. The molecule has 0 aliphatic carbocycles. The minimum atomic E-state index is -4.77. The number of halogens is 4. The molecule has 0 fully saturated rings. The Morgan fingerprint density at radius 3 is 2.52 bits per heavy atom. The van der Waals surface area contributed by atoms with Crippen molar-refractivity contribution < 1.29 is 22.3 Å². The highest BCUT2D eigenvalue weighted by Crippen LogP contribution is 2.33. The number of hydrogen-bond acceptors (Lipinski definition) is 2. The molecule has 0 heterocycles. The van der Waals surface area contributed by atoms with E-state index in [1.54, 1.807) is 24.3 Å². The summed E-state index contributed by atoms with van der Waals surface area (Å²) in [6, 6.07) is 10.9. The van der Waals surface area contributed by atoms with Gasteiger partial charge >= 0.3 is 6.18 Å². The molecular formula is C15H9F4NO. The quantitative estimate of drug-likeness (QED) is 0.791. The second-order valence-corrected chi connectivity index (χ2v) is 4.24. The average molecular weight is 295 g/mol. The van der Waals surface area contributed by atoms with Gasteiger partial charge in [0.15, 0.2) is 0 Å². The van der Waals surface area contributed by atoms with Crippen LogP contribution in [-0.4, -0.2) is 0 Å². The van der Waals surface area contributed by atoms with Crippen molar-refractivity contribution in [1.82, 2.24) is 0 Å². The van der Waals surface area contributed by atoms with Crippen LogP contribution in [0.1, 0.15) is 16.7 Å². The highest BCUT2D eigenvalue weighted by atomic mass is 19.4. The molecule has 0 spiro atoms. The predicted molar refractivity (Wildman–Crippen MR) is 66.9 cm³/mol. The lowest BCUT2D eigenvalue weighted by molar-refractivity contribution is -0.140. The van der Waals surface area contributed by atoms with Gasteiger partial charge in [0, 0.05) is 0 Å². The Morgan fingerprint density at radius 2 is 1.86 bits per heavy atom. The van der Waals surface area contributed by atoms with E-state index in [1.807, 2.05) is 6.07 Å². The van der Waals surface area contributed by atoms with Crippen LogP contribution < -0.4 is 4.74 Å². The summed E-state index contributed by atoms with van der Waals surface area (Å²) in [5.41, 5.74) is -0.316. The van der Waals surface area contributed by atoms with Gasteiger partial charge in [-0.3, -0.25) is 0 Å². The van der Waals surface area contributed by atoms with Crippen LogP contribution in [0.3, 0.4) is 0 Å². The van der Waals surface area contributed by atoms with Gasteiger partial charge < -0.3 is 4.74 Å². The van der Waals surface area contributed by atoms with Crippen LogP contribution in [0.5, 0.6) is 5.75 Å². The summed E-state index contributed by atoms with van der Waals surface area (Å²) in [6.07, 6.45) is -4.77. The minimum absolute atomic E-state index is 0.0154. The van der Waals surface area contributed by atoms with Gasteiger partial charge in [-0.2, -0.15) is 18.4 Å². The molecule has 0 bridgehead atoms. The number of ether oxygens (including phenoxy) is 1. The van der Waals surface area contributed by atoms with E-state index in [2.05, 4.69) is 0 Å². The molecule has 2 nitrogen and oxygen atoms in total. The number of nitrogens with zero attached hydrogens (tertiary/aromatic N) is 1. The fourth-order valence-electron chi connectivity index (χ4n) is 1.71. The zero-order chi connectivity index (χ0) is 15.5. The molecule has 21 heavy (non-hydrogen) atoms. The van der Waals surface area contributed by atoms with E-state index >= 15 is 0 Å². The van der Waals surface area contributed by atoms with Crippen molar-refractivity contribution in [2.45, 2.75) is 12.8 Å². The Hall–Kier alpha value is -2.55. The molecule has 0 atom stereocenters. The van der Waals surface area contributed by atoms with Gasteiger partial charge in [0.25, 0.3) is 0 Å². The van der Waals surface area contributed by atoms with Crippen molar-refractivity contribution in [1.29, 1.82) is 5.26 Å². The van der Waals surface area contributed by atoms with Crippen LogP contribution >= 0.6 is 0 Å². The maximum absolute atomic E-state index is 13.1. The molecule has 2 rings (SSSR count). The van der Waals surface area contributed by atoms with E-state index in [0.29, 0.717) is 23.3 Å². The van der Waals surface area contributed by atoms with Crippen molar-refractivity contribution in [2.24, 2.45) is 0 Å². The second kappa shape index (κ2) is 5.83. The maximum atomic E-state index is 13.1. The molecule has 0 aliphatic rings. The third-order valence-corrected chi connectivity index (χ3v) is 2.70. The van der Waals surface area contributed by atoms with Crippen LogP contribution in [0, 0.1) is 17.1 Å². The molecule has 0 radical (unpaired) electrons. The first-order valence-electron chi connectivity index (χ1n) is 5.89. The fourth-order valence-corrected chi connectivity index (χ4v) is 1.71. The molecule has 0 aromatic heterocycles. The van der Waals surface area contributed by atoms with E-state index in [0.717, 1.165) is 6.07 Å². The third kappa shape index (κ3) is 3.72. The Balaban J connectivity index is 2.15. The first-order chi connectivity index (χ1) is 9.90. The van der Waals surface area contributed by atoms with E-state index in [4.69, 9.17) is 10.00 Å². The third-order valence-electron chi connectivity index (χ3n) is 2.70. The lowest BCUT2D eigenvalue weighted by Crippen LogP contribution is -2.08. The lowest BCUT2D eigenvalue weighted by atomic mass is 10.1. The Kier molecular flexibility index (Phi) is 4.13. The van der Waals surface area contributed by atoms with Crippen molar-refractivity contribution in [3.8, 4) is 11.8 Å². The highest BCUT2D eigenvalue weighted by molar-refractivity contribution is 5.34. The van der Waals surface area contributed by atoms with Crippen molar-refractivity contribution in [2.75, 3.05) is 0 Å². The van der Waals surface area contributed by atoms with Gasteiger partial charge in [0.2, 0.25) is 0 Å². The first kappa shape index (κ1) is 14.9. The Morgan fingerprint density at radius 1 is 1.10 bits per heavy atom. The van der Waals surface area contributed by atoms with Gasteiger partial charge in [-0.25, -0.2) is 4.39 Å². The van der Waals surface area contributed by atoms with Crippen LogP contribution in [0.2, 0.25) is 0 Å². The van der Waals surface area contributed by atoms with E-state index in [9.17, 15) is 17.6 Å². The molecule has 108 valence electrons. The van der Waals surface area contributed by atoms with E-state index in [-0.39, 0.29) is 12.4 Å². The average Bonchev–Trinajstić information content (AvgIpc) is 2.45. The first-order valence-corrected chi connectivity index (χ1v) is 5.89. The zero-order valence-electron chi connectivity index (χ0n) is 10.6. The summed E-state index contributed by atoms with van der Waals surface area (Å²) in [5.74, 6) is -1.44. The number of hydrogen-bond donors (Lipinski definition) is 0. The molecule has 2 aromatic rings. The lowest BCUT2D eigenvalue weighted by Gasteiger charge is -2.11. The molecule has 2 aromatic carbocycles. The minimum Gasteiger partial charge on any atom is -0.489 e. The molecule has 0 aliphatic heterocycles. The van der Waals surface area contributed by atoms with Crippen molar-refractivity contribution in [3.63, 3.8) is 0 Å². The van der Waals surface area contributed by atoms with E-state index in [1.165, 1.54) is 0 Å². The van der Waals surface area contributed by atoms with Crippen LogP contribution in [0.15, 0.2) is 42.5 Å². The smallest absolute Gasteiger partial charge is 0.419 e. The highest BCUT2D eigenvalue weighted by Gasteiger charge is 2.34. The normalized spacial score (nSPS) is 11.0. The summed E-state index contributed by atoms with van der Waals surface area (Å²) >= 11 is 0. The molecule has 0 saturated carbocycles. The van der Waals surface area contributed by atoms with Crippen molar-refractivity contribution in [3.05, 3.63) is 65.0 Å². The number of nitriles is 1. The summed E-state index contributed by atoms with van der Waals surface area (Å²) in [6.45, 7) is -0.0154. The number of benzene rings is 2. The summed E-state index contributed by atoms with van der Waals surface area (Å²) in [5, 5.41) is 8.75. The topological polar surface area (TPSA) is 33.0 Å². The van der Waals surface area contributed by atoms with Crippen LogP contribution in [0.4, 0.5) is 17.6 Å². The van der Waals surface area contributed by atoms with Gasteiger partial charge in [-0.1, -0.05) is 12.1 Å². The molecule has 0 amide bonds. The van der Waals surface area contributed by atoms with Gasteiger partial charge in [-0.05, 0) is 35.9 Å². The van der Waals surface area contributed by atoms with Crippen LogP contribution in [-0.2, 0) is 12.8 Å². The Labute approximate surface area is 118 Å². The standard InChI is InChI=1S/C15H9F4NO/c16-14-5-4-12(7-13(14)15(17,18)19)21-9-11-3-1-2-10(6-11)8-20/h1-7H,9H2. The molecule has 0 saturated heterocycles. The molecule has 6 heteroatoms. The maximum Gasteiger partial charge on any atom is 0.419 e. The summed E-state index contributed by atoms with van der Waals surface area (Å²) in [7, 11) is 0. The number of alkyl halides is 3. The molecule has 0 N–H and O–H groups in total. The van der Waals surface area contributed by atoms with Gasteiger partial charge in [0.1, 0.15) is 18.2 Å². The van der Waals surface area contributed by atoms with Crippen molar-refractivity contribution >= 4 is 0 Å². The van der Waals surface area contributed by atoms with Crippen LogP contribution in [0.25, 0.3) is 0 Å². The zero-order valence-corrected chi connectivity index (χ0v) is 10.6. The van der Waals surface area contributed by atoms with E-state index < -0.39 is 17.6 Å². The molecule has 0 unspecified atom stereocenters. The Bertz CT molecular complexity index is 689. The fraction of sp³-hybridized carbons (Fsp3) is 0.133.